The van der Waals surface area contributed by atoms with Crippen LogP contribution in [-0.2, 0) is 10.3 Å². The summed E-state index contributed by atoms with van der Waals surface area (Å²) in [6.45, 7) is 2.63. The van der Waals surface area contributed by atoms with Gasteiger partial charge in [0.1, 0.15) is 0 Å². The summed E-state index contributed by atoms with van der Waals surface area (Å²) in [7, 11) is 1.52. The van der Waals surface area contributed by atoms with E-state index in [1.165, 1.54) is 7.11 Å². The van der Waals surface area contributed by atoms with Crippen LogP contribution in [0.4, 0.5) is 0 Å². The van der Waals surface area contributed by atoms with Crippen molar-refractivity contribution in [3.05, 3.63) is 18.0 Å². The fourth-order valence-corrected chi connectivity index (χ4v) is 2.12. The van der Waals surface area contributed by atoms with Gasteiger partial charge in [-0.1, -0.05) is 6.92 Å². The van der Waals surface area contributed by atoms with Gasteiger partial charge in [0.15, 0.2) is 0 Å². The maximum Gasteiger partial charge on any atom is 0.316 e. The number of ether oxygens (including phenoxy) is 2. The molecule has 17 heavy (non-hydrogen) atoms. The Morgan fingerprint density at radius 2 is 2.24 bits per heavy atom. The van der Waals surface area contributed by atoms with E-state index in [-0.39, 0.29) is 6.10 Å². The summed E-state index contributed by atoms with van der Waals surface area (Å²) < 4.78 is 10.5. The van der Waals surface area contributed by atoms with Gasteiger partial charge < -0.3 is 14.6 Å². The molecule has 1 aromatic heterocycles. The van der Waals surface area contributed by atoms with E-state index in [1.54, 1.807) is 12.4 Å². The van der Waals surface area contributed by atoms with E-state index in [0.29, 0.717) is 25.5 Å². The molecule has 0 aliphatic carbocycles. The summed E-state index contributed by atoms with van der Waals surface area (Å²) in [5, 5.41) is 10.6. The second-order valence-corrected chi connectivity index (χ2v) is 4.35. The summed E-state index contributed by atoms with van der Waals surface area (Å²) in [6, 6.07) is 0.316. The highest BCUT2D eigenvalue weighted by atomic mass is 16.5. The largest absolute Gasteiger partial charge is 0.467 e. The zero-order valence-corrected chi connectivity index (χ0v) is 10.2. The lowest BCUT2D eigenvalue weighted by molar-refractivity contribution is -0.108. The number of hydrogen-bond acceptors (Lipinski definition) is 5. The molecule has 0 amide bonds. The number of hydrogen-bond donors (Lipinski definition) is 1. The Morgan fingerprint density at radius 3 is 2.82 bits per heavy atom. The van der Waals surface area contributed by atoms with Crippen LogP contribution in [0.25, 0.3) is 0 Å². The second-order valence-electron chi connectivity index (χ2n) is 4.35. The molecule has 2 rings (SSSR count). The first-order chi connectivity index (χ1) is 8.18. The van der Waals surface area contributed by atoms with Crippen LogP contribution in [0.2, 0.25) is 0 Å². The number of aromatic nitrogens is 2. The third kappa shape index (κ3) is 2.56. The minimum atomic E-state index is -0.870. The van der Waals surface area contributed by atoms with Crippen molar-refractivity contribution in [3.8, 4) is 6.01 Å². The predicted octanol–water partition coefficient (Wildman–Crippen LogP) is 1.26. The Balaban J connectivity index is 2.18. The first-order valence-corrected chi connectivity index (χ1v) is 5.88. The van der Waals surface area contributed by atoms with Gasteiger partial charge in [0.25, 0.3) is 0 Å². The summed E-state index contributed by atoms with van der Waals surface area (Å²) in [4.78, 5) is 8.07. The normalized spacial score (nSPS) is 29.0. The molecule has 0 spiro atoms. The molecule has 5 heteroatoms. The fraction of sp³-hybridized carbons (Fsp3) is 0.667. The summed E-state index contributed by atoms with van der Waals surface area (Å²) in [5.41, 5.74) is -0.134. The van der Waals surface area contributed by atoms with E-state index in [0.717, 1.165) is 12.0 Å². The molecule has 0 bridgehead atoms. The van der Waals surface area contributed by atoms with Gasteiger partial charge in [-0.05, 0) is 6.42 Å². The Morgan fingerprint density at radius 1 is 1.53 bits per heavy atom. The zero-order chi connectivity index (χ0) is 12.3. The van der Waals surface area contributed by atoms with Gasteiger partial charge in [0.2, 0.25) is 0 Å². The highest BCUT2D eigenvalue weighted by Crippen LogP contribution is 2.35. The molecule has 2 unspecified atom stereocenters. The number of methoxy groups -OCH3 is 1. The Hall–Kier alpha value is -1.20. The fourth-order valence-electron chi connectivity index (χ4n) is 2.12. The van der Waals surface area contributed by atoms with Crippen LogP contribution >= 0.6 is 0 Å². The molecular formula is C12H18N2O3. The SMILES string of the molecule is CCC1CC(O)(c2cnc(OC)nc2)CCO1. The lowest BCUT2D eigenvalue weighted by Gasteiger charge is -2.36. The lowest BCUT2D eigenvalue weighted by atomic mass is 9.84. The topological polar surface area (TPSA) is 64.5 Å². The molecule has 0 aromatic carbocycles. The highest BCUT2D eigenvalue weighted by Gasteiger charge is 2.36. The van der Waals surface area contributed by atoms with Gasteiger partial charge in [-0.25, -0.2) is 9.97 Å². The monoisotopic (exact) mass is 238 g/mol. The van der Waals surface area contributed by atoms with E-state index in [1.807, 2.05) is 0 Å². The van der Waals surface area contributed by atoms with Crippen LogP contribution in [0.3, 0.4) is 0 Å². The predicted molar refractivity (Wildman–Crippen MR) is 61.7 cm³/mol. The molecule has 2 heterocycles. The van der Waals surface area contributed by atoms with Crippen LogP contribution in [0.1, 0.15) is 31.7 Å². The van der Waals surface area contributed by atoms with E-state index in [4.69, 9.17) is 9.47 Å². The number of nitrogens with zero attached hydrogens (tertiary/aromatic N) is 2. The molecular weight excluding hydrogens is 220 g/mol. The standard InChI is InChI=1S/C12H18N2O3/c1-3-10-6-12(15,4-5-17-10)9-7-13-11(16-2)14-8-9/h7-8,10,15H,3-6H2,1-2H3. The first-order valence-electron chi connectivity index (χ1n) is 5.88. The average Bonchev–Trinajstić information content (AvgIpc) is 2.39. The Kier molecular flexibility index (Phi) is 3.59. The zero-order valence-electron chi connectivity index (χ0n) is 10.2. The Bertz CT molecular complexity index is 369. The lowest BCUT2D eigenvalue weighted by Crippen LogP contribution is -2.38. The van der Waals surface area contributed by atoms with Crippen molar-refractivity contribution in [3.63, 3.8) is 0 Å². The van der Waals surface area contributed by atoms with Crippen LogP contribution in [-0.4, -0.2) is 34.9 Å². The molecule has 94 valence electrons. The van der Waals surface area contributed by atoms with Gasteiger partial charge in [-0.3, -0.25) is 0 Å². The van der Waals surface area contributed by atoms with Crippen molar-refractivity contribution < 1.29 is 14.6 Å². The first kappa shape index (κ1) is 12.3. The van der Waals surface area contributed by atoms with Crippen molar-refractivity contribution in [2.75, 3.05) is 13.7 Å². The molecule has 0 saturated carbocycles. The smallest absolute Gasteiger partial charge is 0.316 e. The van der Waals surface area contributed by atoms with Crippen molar-refractivity contribution in [1.82, 2.24) is 9.97 Å². The number of aliphatic hydroxyl groups is 1. The average molecular weight is 238 g/mol. The summed E-state index contributed by atoms with van der Waals surface area (Å²) in [5.74, 6) is 0. The van der Waals surface area contributed by atoms with Gasteiger partial charge >= 0.3 is 6.01 Å². The molecule has 1 fully saturated rings. The molecule has 1 aliphatic heterocycles. The molecule has 1 aromatic rings. The van der Waals surface area contributed by atoms with Gasteiger partial charge in [0.05, 0.1) is 25.4 Å². The van der Waals surface area contributed by atoms with Gasteiger partial charge in [0, 0.05) is 30.8 Å². The molecule has 0 radical (unpaired) electrons. The van der Waals surface area contributed by atoms with Crippen LogP contribution in [0.5, 0.6) is 6.01 Å². The van der Waals surface area contributed by atoms with Crippen molar-refractivity contribution in [2.24, 2.45) is 0 Å². The van der Waals surface area contributed by atoms with E-state index in [9.17, 15) is 5.11 Å². The number of rotatable bonds is 3. The third-order valence-corrected chi connectivity index (χ3v) is 3.24. The molecule has 1 saturated heterocycles. The maximum atomic E-state index is 10.6. The van der Waals surface area contributed by atoms with Gasteiger partial charge in [-0.15, -0.1) is 0 Å². The molecule has 5 nitrogen and oxygen atoms in total. The van der Waals surface area contributed by atoms with Crippen molar-refractivity contribution >= 4 is 0 Å². The third-order valence-electron chi connectivity index (χ3n) is 3.24. The molecule has 1 aliphatic rings. The van der Waals surface area contributed by atoms with Crippen LogP contribution < -0.4 is 4.74 Å². The van der Waals surface area contributed by atoms with E-state index in [2.05, 4.69) is 16.9 Å². The van der Waals surface area contributed by atoms with Crippen molar-refractivity contribution in [2.45, 2.75) is 37.9 Å². The Labute approximate surface area is 101 Å². The van der Waals surface area contributed by atoms with Gasteiger partial charge in [-0.2, -0.15) is 0 Å². The van der Waals surface area contributed by atoms with E-state index < -0.39 is 5.60 Å². The summed E-state index contributed by atoms with van der Waals surface area (Å²) in [6.07, 6.45) is 5.45. The minimum Gasteiger partial charge on any atom is -0.467 e. The molecule has 2 atom stereocenters. The van der Waals surface area contributed by atoms with Crippen molar-refractivity contribution in [1.29, 1.82) is 0 Å². The second kappa shape index (κ2) is 4.98. The molecule has 1 N–H and O–H groups in total. The maximum absolute atomic E-state index is 10.6. The highest BCUT2D eigenvalue weighted by molar-refractivity contribution is 5.17. The van der Waals surface area contributed by atoms with E-state index >= 15 is 0 Å². The quantitative estimate of drug-likeness (QED) is 0.858. The summed E-state index contributed by atoms with van der Waals surface area (Å²) >= 11 is 0. The van der Waals surface area contributed by atoms with Crippen LogP contribution in [0, 0.1) is 0 Å². The van der Waals surface area contributed by atoms with Crippen LogP contribution in [0.15, 0.2) is 12.4 Å². The minimum absolute atomic E-state index is 0.107.